The van der Waals surface area contributed by atoms with Crippen molar-refractivity contribution in [2.45, 2.75) is 78.4 Å². The molecule has 2 heterocycles. The third-order valence-electron chi connectivity index (χ3n) is 7.51. The Morgan fingerprint density at radius 3 is 1.36 bits per heavy atom. The van der Waals surface area contributed by atoms with Gasteiger partial charge in [0.1, 0.15) is 36.9 Å². The van der Waals surface area contributed by atoms with E-state index in [-0.39, 0.29) is 0 Å². The van der Waals surface area contributed by atoms with Crippen LogP contribution >= 0.6 is 0 Å². The summed E-state index contributed by atoms with van der Waals surface area (Å²) < 4.78 is 20.8. The molecular formula is C32H48O4. The van der Waals surface area contributed by atoms with E-state index >= 15 is 0 Å². The van der Waals surface area contributed by atoms with Crippen molar-refractivity contribution in [3.05, 3.63) is 60.7 Å². The van der Waals surface area contributed by atoms with Crippen molar-refractivity contribution in [1.82, 2.24) is 0 Å². The van der Waals surface area contributed by atoms with E-state index in [1.165, 1.54) is 23.7 Å². The Morgan fingerprint density at radius 1 is 0.611 bits per heavy atom. The summed E-state index contributed by atoms with van der Waals surface area (Å²) in [4.78, 5) is 0. The summed E-state index contributed by atoms with van der Waals surface area (Å²) in [5, 5.41) is 0. The molecule has 36 heavy (non-hydrogen) atoms. The lowest BCUT2D eigenvalue weighted by molar-refractivity contribution is 0.259. The van der Waals surface area contributed by atoms with Crippen LogP contribution in [0.25, 0.3) is 0 Å². The molecule has 2 bridgehead atoms. The molecule has 0 amide bonds. The number of hydrogen-bond donors (Lipinski definition) is 0. The van der Waals surface area contributed by atoms with Crippen LogP contribution < -0.4 is 9.47 Å². The third-order valence-corrected chi connectivity index (χ3v) is 7.51. The highest BCUT2D eigenvalue weighted by Gasteiger charge is 2.48. The molecule has 0 spiro atoms. The van der Waals surface area contributed by atoms with E-state index in [4.69, 9.17) is 18.9 Å². The highest BCUT2D eigenvalue weighted by molar-refractivity contribution is 5.21. The molecule has 200 valence electrons. The molecule has 0 radical (unpaired) electrons. The Kier molecular flexibility index (Phi) is 12.6. The minimum atomic E-state index is 0.343. The summed E-state index contributed by atoms with van der Waals surface area (Å²) in [6.45, 7) is 11.1. The highest BCUT2D eigenvalue weighted by Crippen LogP contribution is 2.58. The zero-order valence-electron chi connectivity index (χ0n) is 22.9. The van der Waals surface area contributed by atoms with Gasteiger partial charge in [-0.3, -0.25) is 0 Å². The van der Waals surface area contributed by atoms with Gasteiger partial charge in [-0.1, -0.05) is 70.5 Å². The summed E-state index contributed by atoms with van der Waals surface area (Å²) in [5.74, 6) is 6.64. The first kappa shape index (κ1) is 28.5. The van der Waals surface area contributed by atoms with Crippen molar-refractivity contribution >= 4 is 0 Å². The molecule has 4 nitrogen and oxygen atoms in total. The lowest BCUT2D eigenvalue weighted by Crippen LogP contribution is -2.15. The fraction of sp³-hybridized carbons (Fsp3) is 0.625. The quantitative estimate of drug-likeness (QED) is 0.383. The van der Waals surface area contributed by atoms with Crippen LogP contribution in [0.15, 0.2) is 60.7 Å². The maximum Gasteiger partial charge on any atom is 0.119 e. The first-order valence-electron chi connectivity index (χ1n) is 14.4. The van der Waals surface area contributed by atoms with Crippen LogP contribution in [0.4, 0.5) is 0 Å². The van der Waals surface area contributed by atoms with Gasteiger partial charge in [0.2, 0.25) is 0 Å². The number of para-hydroxylation sites is 2. The van der Waals surface area contributed by atoms with Crippen molar-refractivity contribution in [1.29, 1.82) is 0 Å². The van der Waals surface area contributed by atoms with Crippen molar-refractivity contribution in [2.75, 3.05) is 26.4 Å². The Hall–Kier alpha value is -2.04. The maximum absolute atomic E-state index is 5.40. The van der Waals surface area contributed by atoms with E-state index in [0.717, 1.165) is 24.7 Å². The normalized spacial score (nSPS) is 29.3. The molecular weight excluding hydrogens is 448 g/mol. The van der Waals surface area contributed by atoms with Crippen LogP contribution in [-0.2, 0) is 9.47 Å². The first-order chi connectivity index (χ1) is 17.8. The van der Waals surface area contributed by atoms with Crippen LogP contribution in [0.3, 0.4) is 0 Å². The van der Waals surface area contributed by atoms with Gasteiger partial charge in [0, 0.05) is 0 Å². The van der Waals surface area contributed by atoms with E-state index in [9.17, 15) is 0 Å². The molecule has 0 N–H and O–H groups in total. The fourth-order valence-electron chi connectivity index (χ4n) is 5.76. The zero-order chi connectivity index (χ0) is 25.6. The summed E-state index contributed by atoms with van der Waals surface area (Å²) in [5.41, 5.74) is 0. The monoisotopic (exact) mass is 496 g/mol. The van der Waals surface area contributed by atoms with Gasteiger partial charge in [-0.15, -0.1) is 0 Å². The van der Waals surface area contributed by atoms with Gasteiger partial charge < -0.3 is 18.9 Å². The Labute approximate surface area is 219 Å². The largest absolute Gasteiger partial charge is 0.491 e. The second-order valence-electron chi connectivity index (χ2n) is 9.75. The maximum atomic E-state index is 5.40. The van der Waals surface area contributed by atoms with Gasteiger partial charge in [0.25, 0.3) is 0 Å². The molecule has 7 rings (SSSR count). The lowest BCUT2D eigenvalue weighted by atomic mass is 9.82. The van der Waals surface area contributed by atoms with Crippen LogP contribution in [0.2, 0.25) is 0 Å². The molecule has 5 fully saturated rings. The lowest BCUT2D eigenvalue weighted by Gasteiger charge is -2.23. The van der Waals surface area contributed by atoms with Crippen molar-refractivity contribution in [2.24, 2.45) is 23.7 Å². The summed E-state index contributed by atoms with van der Waals surface area (Å²) in [6.07, 6.45) is 10.2. The minimum absolute atomic E-state index is 0.343. The molecule has 5 aliphatic rings. The van der Waals surface area contributed by atoms with E-state index < -0.39 is 0 Å². The minimum Gasteiger partial charge on any atom is -0.491 e. The molecule has 4 heteroatoms. The second-order valence-corrected chi connectivity index (χ2v) is 9.75. The Morgan fingerprint density at radius 2 is 1.00 bits per heavy atom. The molecule has 6 atom stereocenters. The van der Waals surface area contributed by atoms with Crippen LogP contribution in [-0.4, -0.2) is 38.6 Å². The van der Waals surface area contributed by atoms with E-state index in [2.05, 4.69) is 0 Å². The number of ether oxygens (including phenoxy) is 4. The van der Waals surface area contributed by atoms with Crippen molar-refractivity contribution < 1.29 is 18.9 Å². The third kappa shape index (κ3) is 9.44. The summed E-state index contributed by atoms with van der Waals surface area (Å²) in [6, 6.07) is 19.6. The standard InChI is InChI=1S/C10H16.2C9H10O2.2C2H6/c1-2-9-7-4-5-8(6-7)10(9)3-1;2*1-2-4-8(5-3-1)10-6-9-7-11-9;2*1-2/h7-10H,1-6H2;2*1-5,9H,6-7H2;2*1-2H3. The van der Waals surface area contributed by atoms with Crippen LogP contribution in [0, 0.1) is 23.7 Å². The van der Waals surface area contributed by atoms with Gasteiger partial charge in [0.05, 0.1) is 13.2 Å². The van der Waals surface area contributed by atoms with Gasteiger partial charge in [-0.2, -0.15) is 0 Å². The molecule has 2 aromatic rings. The van der Waals surface area contributed by atoms with E-state index in [1.807, 2.05) is 88.4 Å². The molecule has 2 aromatic carbocycles. The van der Waals surface area contributed by atoms with Crippen molar-refractivity contribution in [3.63, 3.8) is 0 Å². The Bertz CT molecular complexity index is 736. The van der Waals surface area contributed by atoms with Gasteiger partial charge in [-0.25, -0.2) is 0 Å². The SMILES string of the molecule is C1CC2C3CCC(C3)C2C1.CC.CC.c1ccc(OCC2CO2)cc1.c1ccc(OCC2CO2)cc1. The van der Waals surface area contributed by atoms with Crippen LogP contribution in [0.5, 0.6) is 11.5 Å². The smallest absolute Gasteiger partial charge is 0.119 e. The number of epoxide rings is 2. The summed E-state index contributed by atoms with van der Waals surface area (Å²) in [7, 11) is 0. The van der Waals surface area contributed by atoms with Crippen LogP contribution in [0.1, 0.15) is 66.2 Å². The van der Waals surface area contributed by atoms with Gasteiger partial charge >= 0.3 is 0 Å². The average Bonchev–Trinajstić information content (AvgIpc) is 3.83. The fourth-order valence-corrected chi connectivity index (χ4v) is 5.76. The number of hydrogen-bond acceptors (Lipinski definition) is 4. The molecule has 0 aromatic heterocycles. The second kappa shape index (κ2) is 15.9. The van der Waals surface area contributed by atoms with Gasteiger partial charge in [-0.05, 0) is 80.0 Å². The zero-order valence-corrected chi connectivity index (χ0v) is 22.9. The van der Waals surface area contributed by atoms with E-state index in [0.29, 0.717) is 25.4 Å². The number of fused-ring (bicyclic) bond motifs is 5. The molecule has 2 saturated heterocycles. The Balaban J connectivity index is 0.000000141. The molecule has 2 aliphatic heterocycles. The number of benzene rings is 2. The average molecular weight is 497 g/mol. The predicted octanol–water partition coefficient (Wildman–Crippen LogP) is 7.81. The molecule has 3 saturated carbocycles. The first-order valence-corrected chi connectivity index (χ1v) is 14.4. The predicted molar refractivity (Wildman–Crippen MR) is 148 cm³/mol. The highest BCUT2D eigenvalue weighted by atomic mass is 16.6. The number of rotatable bonds is 6. The molecule has 6 unspecified atom stereocenters. The van der Waals surface area contributed by atoms with Gasteiger partial charge in [0.15, 0.2) is 0 Å². The molecule has 3 aliphatic carbocycles. The summed E-state index contributed by atoms with van der Waals surface area (Å²) >= 11 is 0. The topological polar surface area (TPSA) is 43.5 Å². The van der Waals surface area contributed by atoms with Crippen molar-refractivity contribution in [3.8, 4) is 11.5 Å². The van der Waals surface area contributed by atoms with E-state index in [1.54, 1.807) is 38.5 Å².